The van der Waals surface area contributed by atoms with E-state index in [1.807, 2.05) is 19.1 Å². The van der Waals surface area contributed by atoms with Gasteiger partial charge < -0.3 is 19.5 Å². The van der Waals surface area contributed by atoms with Crippen LogP contribution >= 0.6 is 11.6 Å². The molecule has 1 N–H and O–H groups in total. The Morgan fingerprint density at radius 3 is 2.29 bits per heavy atom. The smallest absolute Gasteiger partial charge is 0.337 e. The van der Waals surface area contributed by atoms with E-state index in [1.54, 1.807) is 54.6 Å². The summed E-state index contributed by atoms with van der Waals surface area (Å²) in [5, 5.41) is 3.31. The Morgan fingerprint density at radius 1 is 0.903 bits per heavy atom. The summed E-state index contributed by atoms with van der Waals surface area (Å²) in [4.78, 5) is 24.3. The van der Waals surface area contributed by atoms with Gasteiger partial charge in [-0.15, -0.1) is 0 Å². The minimum absolute atomic E-state index is 0.189. The van der Waals surface area contributed by atoms with E-state index in [0.29, 0.717) is 39.9 Å². The molecule has 0 aliphatic carbocycles. The zero-order valence-corrected chi connectivity index (χ0v) is 17.9. The van der Waals surface area contributed by atoms with Crippen LogP contribution in [0.3, 0.4) is 0 Å². The van der Waals surface area contributed by atoms with Crippen LogP contribution in [0.2, 0.25) is 5.02 Å². The molecule has 0 aliphatic rings. The molecule has 0 radical (unpaired) electrons. The monoisotopic (exact) mass is 439 g/mol. The third kappa shape index (κ3) is 5.77. The van der Waals surface area contributed by atoms with Gasteiger partial charge in [-0.25, -0.2) is 4.79 Å². The Labute approximate surface area is 185 Å². The van der Waals surface area contributed by atoms with Crippen molar-refractivity contribution in [1.29, 1.82) is 0 Å². The van der Waals surface area contributed by atoms with Crippen molar-refractivity contribution in [3.05, 3.63) is 88.4 Å². The Bertz CT molecular complexity index is 1070. The third-order valence-electron chi connectivity index (χ3n) is 4.41. The number of rotatable bonds is 8. The van der Waals surface area contributed by atoms with Crippen LogP contribution < -0.4 is 14.8 Å². The van der Waals surface area contributed by atoms with E-state index < -0.39 is 5.97 Å². The summed E-state index contributed by atoms with van der Waals surface area (Å²) < 4.78 is 16.2. The number of hydrogen-bond acceptors (Lipinski definition) is 5. The van der Waals surface area contributed by atoms with Crippen LogP contribution in [0.1, 0.15) is 33.2 Å². The Morgan fingerprint density at radius 2 is 1.61 bits per heavy atom. The molecule has 0 spiro atoms. The summed E-state index contributed by atoms with van der Waals surface area (Å²) in [6.07, 6.45) is 0. The Kier molecular flexibility index (Phi) is 7.51. The lowest BCUT2D eigenvalue weighted by Crippen LogP contribution is -2.13. The van der Waals surface area contributed by atoms with Crippen molar-refractivity contribution in [1.82, 2.24) is 0 Å². The van der Waals surface area contributed by atoms with Gasteiger partial charge in [0.15, 0.2) is 0 Å². The Balaban J connectivity index is 1.76. The highest BCUT2D eigenvalue weighted by Crippen LogP contribution is 2.27. The molecule has 0 heterocycles. The number of benzene rings is 3. The molecule has 7 heteroatoms. The maximum atomic E-state index is 12.7. The second kappa shape index (κ2) is 10.5. The maximum Gasteiger partial charge on any atom is 0.337 e. The first kappa shape index (κ1) is 22.2. The molecule has 0 bridgehead atoms. The van der Waals surface area contributed by atoms with Gasteiger partial charge in [0, 0.05) is 16.8 Å². The molecule has 6 nitrogen and oxygen atoms in total. The molecule has 0 aromatic heterocycles. The van der Waals surface area contributed by atoms with Crippen LogP contribution in [0.4, 0.5) is 5.69 Å². The molecule has 3 rings (SSSR count). The average Bonchev–Trinajstić information content (AvgIpc) is 2.79. The molecule has 3 aromatic carbocycles. The summed E-state index contributed by atoms with van der Waals surface area (Å²) >= 11 is 6.15. The predicted octanol–water partition coefficient (Wildman–Crippen LogP) is 5.36. The number of esters is 1. The minimum Gasteiger partial charge on any atom is -0.493 e. The van der Waals surface area contributed by atoms with Gasteiger partial charge in [-0.05, 0) is 61.5 Å². The molecular formula is C24H22ClNO5. The number of carbonyl (C=O) groups is 2. The van der Waals surface area contributed by atoms with E-state index in [0.717, 1.165) is 5.56 Å². The molecule has 31 heavy (non-hydrogen) atoms. The van der Waals surface area contributed by atoms with E-state index in [9.17, 15) is 9.59 Å². The van der Waals surface area contributed by atoms with Crippen molar-refractivity contribution >= 4 is 29.2 Å². The normalized spacial score (nSPS) is 10.3. The lowest BCUT2D eigenvalue weighted by molar-refractivity contribution is 0.0600. The minimum atomic E-state index is -0.437. The number of halogens is 1. The van der Waals surface area contributed by atoms with Gasteiger partial charge in [-0.1, -0.05) is 23.7 Å². The van der Waals surface area contributed by atoms with Crippen LogP contribution in [0.5, 0.6) is 11.5 Å². The van der Waals surface area contributed by atoms with Crippen molar-refractivity contribution in [2.45, 2.75) is 13.5 Å². The van der Waals surface area contributed by atoms with Crippen molar-refractivity contribution in [3.8, 4) is 11.5 Å². The number of para-hydroxylation sites is 1. The number of carbonyl (C=O) groups excluding carboxylic acids is 2. The fraction of sp³-hybridized carbons (Fsp3) is 0.167. The molecule has 0 saturated carbocycles. The first-order chi connectivity index (χ1) is 15.0. The summed E-state index contributed by atoms with van der Waals surface area (Å²) in [5.74, 6) is 0.445. The third-order valence-corrected chi connectivity index (χ3v) is 4.72. The van der Waals surface area contributed by atoms with Crippen LogP contribution in [0, 0.1) is 0 Å². The fourth-order valence-electron chi connectivity index (χ4n) is 2.86. The van der Waals surface area contributed by atoms with Gasteiger partial charge in [0.2, 0.25) is 0 Å². The van der Waals surface area contributed by atoms with Crippen molar-refractivity contribution in [2.75, 3.05) is 19.0 Å². The molecule has 0 atom stereocenters. The highest BCUT2D eigenvalue weighted by Gasteiger charge is 2.13. The number of ether oxygens (including phenoxy) is 3. The number of hydrogen-bond donors (Lipinski definition) is 1. The number of anilines is 1. The Hall–Kier alpha value is -3.51. The van der Waals surface area contributed by atoms with E-state index in [2.05, 4.69) is 10.1 Å². The maximum absolute atomic E-state index is 12.7. The number of nitrogens with one attached hydrogen (secondary N) is 1. The fourth-order valence-corrected chi connectivity index (χ4v) is 3.05. The molecule has 0 unspecified atom stereocenters. The van der Waals surface area contributed by atoms with E-state index in [-0.39, 0.29) is 12.5 Å². The van der Waals surface area contributed by atoms with Gasteiger partial charge in [0.25, 0.3) is 5.91 Å². The zero-order chi connectivity index (χ0) is 22.2. The molecule has 0 fully saturated rings. The molecule has 160 valence electrons. The topological polar surface area (TPSA) is 73.9 Å². The summed E-state index contributed by atoms with van der Waals surface area (Å²) in [7, 11) is 1.32. The molecular weight excluding hydrogens is 418 g/mol. The molecule has 0 aliphatic heterocycles. The van der Waals surface area contributed by atoms with Gasteiger partial charge in [-0.3, -0.25) is 4.79 Å². The van der Waals surface area contributed by atoms with Crippen LogP contribution in [-0.2, 0) is 11.3 Å². The van der Waals surface area contributed by atoms with Crippen molar-refractivity contribution in [3.63, 3.8) is 0 Å². The lowest BCUT2D eigenvalue weighted by Gasteiger charge is -2.14. The lowest BCUT2D eigenvalue weighted by atomic mass is 10.1. The SMILES string of the molecule is CCOc1ccc(C(=O)Nc2ccc(C(=O)OC)cc2)cc1COc1ccccc1Cl. The second-order valence-corrected chi connectivity index (χ2v) is 6.90. The quantitative estimate of drug-likeness (QED) is 0.478. The van der Waals surface area contributed by atoms with E-state index in [4.69, 9.17) is 21.1 Å². The summed E-state index contributed by atoms with van der Waals surface area (Å²) in [6, 6.07) is 18.8. The van der Waals surface area contributed by atoms with E-state index >= 15 is 0 Å². The number of methoxy groups -OCH3 is 1. The average molecular weight is 440 g/mol. The predicted molar refractivity (Wildman–Crippen MR) is 119 cm³/mol. The van der Waals surface area contributed by atoms with Crippen molar-refractivity contribution < 1.29 is 23.8 Å². The first-order valence-corrected chi connectivity index (χ1v) is 10.0. The van der Waals surface area contributed by atoms with Crippen LogP contribution in [0.25, 0.3) is 0 Å². The highest BCUT2D eigenvalue weighted by molar-refractivity contribution is 6.32. The van der Waals surface area contributed by atoms with Gasteiger partial charge in [0.05, 0.1) is 24.3 Å². The van der Waals surface area contributed by atoms with E-state index in [1.165, 1.54) is 7.11 Å². The van der Waals surface area contributed by atoms with Gasteiger partial charge in [-0.2, -0.15) is 0 Å². The molecule has 1 amide bonds. The molecule has 3 aromatic rings. The van der Waals surface area contributed by atoms with Gasteiger partial charge >= 0.3 is 5.97 Å². The standard InChI is InChI=1S/C24H22ClNO5/c1-3-30-21-13-10-17(14-18(21)15-31-22-7-5-4-6-20(22)25)23(27)26-19-11-8-16(9-12-19)24(28)29-2/h4-14H,3,15H2,1-2H3,(H,26,27). The number of amides is 1. The zero-order valence-electron chi connectivity index (χ0n) is 17.2. The van der Waals surface area contributed by atoms with Crippen molar-refractivity contribution in [2.24, 2.45) is 0 Å². The van der Waals surface area contributed by atoms with Crippen LogP contribution in [0.15, 0.2) is 66.7 Å². The van der Waals surface area contributed by atoms with Crippen LogP contribution in [-0.4, -0.2) is 25.6 Å². The largest absolute Gasteiger partial charge is 0.493 e. The molecule has 0 saturated heterocycles. The summed E-state index contributed by atoms with van der Waals surface area (Å²) in [6.45, 7) is 2.56. The highest BCUT2D eigenvalue weighted by atomic mass is 35.5. The summed E-state index contributed by atoms with van der Waals surface area (Å²) in [5.41, 5.74) is 2.12. The first-order valence-electron chi connectivity index (χ1n) is 9.64. The van der Waals surface area contributed by atoms with Gasteiger partial charge in [0.1, 0.15) is 18.1 Å². The second-order valence-electron chi connectivity index (χ2n) is 6.50.